The van der Waals surface area contributed by atoms with Crippen molar-refractivity contribution in [3.63, 3.8) is 0 Å². The van der Waals surface area contributed by atoms with Crippen LogP contribution >= 0.6 is 0 Å². The number of nitrogens with one attached hydrogen (secondary N) is 1. The molecule has 0 saturated carbocycles. The summed E-state index contributed by atoms with van der Waals surface area (Å²) in [5, 5.41) is 16.9. The van der Waals surface area contributed by atoms with Gasteiger partial charge in [0, 0.05) is 0 Å². The molecular weight excluding hydrogens is 208 g/mol. The first-order valence-corrected chi connectivity index (χ1v) is 5.20. The second-order valence-electron chi connectivity index (χ2n) is 3.60. The molecule has 0 spiro atoms. The molecule has 0 bridgehead atoms. The fourth-order valence-corrected chi connectivity index (χ4v) is 1.50. The number of aryl methyl sites for hydroxylation is 1. The minimum atomic E-state index is -0.0209. The van der Waals surface area contributed by atoms with Crippen LogP contribution < -0.4 is 5.32 Å². The molecule has 2 heterocycles. The van der Waals surface area contributed by atoms with Crippen LogP contribution in [0.15, 0.2) is 10.9 Å². The molecule has 6 heteroatoms. The molecule has 0 aliphatic carbocycles. The minimum absolute atomic E-state index is 0.0209. The van der Waals surface area contributed by atoms with E-state index in [0.717, 1.165) is 17.5 Å². The van der Waals surface area contributed by atoms with Gasteiger partial charge >= 0.3 is 0 Å². The van der Waals surface area contributed by atoms with E-state index in [1.807, 2.05) is 13.8 Å². The molecule has 2 rings (SSSR count). The monoisotopic (exact) mass is 222 g/mol. The molecule has 0 fully saturated rings. The lowest BCUT2D eigenvalue weighted by Crippen LogP contribution is -2.23. The second-order valence-corrected chi connectivity index (χ2v) is 3.60. The third kappa shape index (κ3) is 1.83. The number of aromatic nitrogens is 3. The molecule has 16 heavy (non-hydrogen) atoms. The van der Waals surface area contributed by atoms with Crippen LogP contribution in [0.4, 0.5) is 5.82 Å². The van der Waals surface area contributed by atoms with Crippen LogP contribution in [0.25, 0.3) is 11.1 Å². The van der Waals surface area contributed by atoms with Crippen molar-refractivity contribution < 1.29 is 9.63 Å². The number of rotatable bonds is 4. The van der Waals surface area contributed by atoms with E-state index in [0.29, 0.717) is 11.5 Å². The smallest absolute Gasteiger partial charge is 0.263 e. The van der Waals surface area contributed by atoms with Gasteiger partial charge in [-0.15, -0.1) is 0 Å². The maximum absolute atomic E-state index is 9.13. The molecular formula is C10H14N4O2. The van der Waals surface area contributed by atoms with Crippen LogP contribution in [0, 0.1) is 6.92 Å². The Labute approximate surface area is 92.7 Å². The Morgan fingerprint density at radius 1 is 1.50 bits per heavy atom. The van der Waals surface area contributed by atoms with Gasteiger partial charge in [0.15, 0.2) is 0 Å². The van der Waals surface area contributed by atoms with Gasteiger partial charge in [0.2, 0.25) is 0 Å². The minimum Gasteiger partial charge on any atom is -0.394 e. The topological polar surface area (TPSA) is 84.1 Å². The largest absolute Gasteiger partial charge is 0.394 e. The average molecular weight is 222 g/mol. The van der Waals surface area contributed by atoms with Crippen molar-refractivity contribution in [2.75, 3.05) is 11.9 Å². The Hall–Kier alpha value is -1.69. The molecule has 1 unspecified atom stereocenters. The molecule has 2 aromatic heterocycles. The van der Waals surface area contributed by atoms with E-state index >= 15 is 0 Å². The normalized spacial score (nSPS) is 12.9. The van der Waals surface area contributed by atoms with Gasteiger partial charge in [0.05, 0.1) is 18.3 Å². The van der Waals surface area contributed by atoms with Gasteiger partial charge in [-0.1, -0.05) is 12.1 Å². The van der Waals surface area contributed by atoms with Gasteiger partial charge in [-0.05, 0) is 13.3 Å². The third-order valence-corrected chi connectivity index (χ3v) is 2.50. The fraction of sp³-hybridized carbons (Fsp3) is 0.500. The molecule has 0 aromatic carbocycles. The molecule has 2 N–H and O–H groups in total. The highest BCUT2D eigenvalue weighted by atomic mass is 16.5. The average Bonchev–Trinajstić information content (AvgIpc) is 2.69. The van der Waals surface area contributed by atoms with Crippen LogP contribution in [-0.4, -0.2) is 32.9 Å². The molecule has 86 valence electrons. The standard InChI is InChI=1S/C10H14N4O2/c1-3-7(4-15)13-9-8-6(2)14-16-10(8)12-5-11-9/h5,7,15H,3-4H2,1-2H3,(H,11,12,13). The molecule has 0 radical (unpaired) electrons. The van der Waals surface area contributed by atoms with E-state index in [2.05, 4.69) is 20.4 Å². The first kappa shape index (κ1) is 10.8. The first-order chi connectivity index (χ1) is 7.76. The SMILES string of the molecule is CCC(CO)Nc1ncnc2onc(C)c12. The summed E-state index contributed by atoms with van der Waals surface area (Å²) in [6.07, 6.45) is 2.23. The predicted octanol–water partition coefficient (Wildman–Crippen LogP) is 1.11. The highest BCUT2D eigenvalue weighted by Gasteiger charge is 2.14. The van der Waals surface area contributed by atoms with Crippen LogP contribution in [0.1, 0.15) is 19.0 Å². The summed E-state index contributed by atoms with van der Waals surface area (Å²) in [5.41, 5.74) is 1.20. The summed E-state index contributed by atoms with van der Waals surface area (Å²) in [4.78, 5) is 8.12. The van der Waals surface area contributed by atoms with Gasteiger partial charge < -0.3 is 14.9 Å². The van der Waals surface area contributed by atoms with Crippen LogP contribution in [0.2, 0.25) is 0 Å². The summed E-state index contributed by atoms with van der Waals surface area (Å²) in [6.45, 7) is 3.89. The maximum Gasteiger partial charge on any atom is 0.263 e. The van der Waals surface area contributed by atoms with Gasteiger partial charge in [-0.25, -0.2) is 4.98 Å². The lowest BCUT2D eigenvalue weighted by molar-refractivity contribution is 0.271. The first-order valence-electron chi connectivity index (χ1n) is 5.20. The quantitative estimate of drug-likeness (QED) is 0.806. The van der Waals surface area contributed by atoms with Crippen molar-refractivity contribution in [3.05, 3.63) is 12.0 Å². The number of aliphatic hydroxyl groups excluding tert-OH is 1. The number of nitrogens with zero attached hydrogens (tertiary/aromatic N) is 3. The van der Waals surface area contributed by atoms with E-state index in [4.69, 9.17) is 9.63 Å². The van der Waals surface area contributed by atoms with E-state index < -0.39 is 0 Å². The summed E-state index contributed by atoms with van der Waals surface area (Å²) < 4.78 is 5.03. The number of aliphatic hydroxyl groups is 1. The Balaban J connectivity index is 2.39. The van der Waals surface area contributed by atoms with Gasteiger partial charge in [-0.3, -0.25) is 0 Å². The number of hydrogen-bond donors (Lipinski definition) is 2. The lowest BCUT2D eigenvalue weighted by atomic mass is 10.2. The molecule has 0 amide bonds. The van der Waals surface area contributed by atoms with Crippen molar-refractivity contribution in [2.45, 2.75) is 26.3 Å². The van der Waals surface area contributed by atoms with E-state index in [9.17, 15) is 0 Å². The zero-order chi connectivity index (χ0) is 11.5. The van der Waals surface area contributed by atoms with Crippen molar-refractivity contribution in [1.82, 2.24) is 15.1 Å². The van der Waals surface area contributed by atoms with Crippen molar-refractivity contribution in [3.8, 4) is 0 Å². The van der Waals surface area contributed by atoms with Crippen LogP contribution in [-0.2, 0) is 0 Å². The van der Waals surface area contributed by atoms with Crippen LogP contribution in [0.3, 0.4) is 0 Å². The Morgan fingerprint density at radius 3 is 3.00 bits per heavy atom. The highest BCUT2D eigenvalue weighted by Crippen LogP contribution is 2.22. The third-order valence-electron chi connectivity index (χ3n) is 2.50. The van der Waals surface area contributed by atoms with E-state index in [1.165, 1.54) is 6.33 Å². The fourth-order valence-electron chi connectivity index (χ4n) is 1.50. The molecule has 0 saturated heterocycles. The van der Waals surface area contributed by atoms with Gasteiger partial charge in [-0.2, -0.15) is 4.98 Å². The molecule has 0 aliphatic rings. The summed E-state index contributed by atoms with van der Waals surface area (Å²) in [7, 11) is 0. The van der Waals surface area contributed by atoms with Crippen molar-refractivity contribution in [1.29, 1.82) is 0 Å². The van der Waals surface area contributed by atoms with Crippen molar-refractivity contribution in [2.24, 2.45) is 0 Å². The van der Waals surface area contributed by atoms with Gasteiger partial charge in [0.25, 0.3) is 5.71 Å². The Kier molecular flexibility index (Phi) is 3.00. The lowest BCUT2D eigenvalue weighted by Gasteiger charge is -2.14. The Bertz CT molecular complexity index is 479. The maximum atomic E-state index is 9.13. The highest BCUT2D eigenvalue weighted by molar-refractivity contribution is 5.87. The van der Waals surface area contributed by atoms with E-state index in [-0.39, 0.29) is 12.6 Å². The van der Waals surface area contributed by atoms with Crippen molar-refractivity contribution >= 4 is 16.9 Å². The number of fused-ring (bicyclic) bond motifs is 1. The molecule has 1 atom stereocenters. The van der Waals surface area contributed by atoms with Crippen LogP contribution in [0.5, 0.6) is 0 Å². The molecule has 6 nitrogen and oxygen atoms in total. The van der Waals surface area contributed by atoms with Gasteiger partial charge in [0.1, 0.15) is 17.5 Å². The predicted molar refractivity (Wildman–Crippen MR) is 59.1 cm³/mol. The van der Waals surface area contributed by atoms with E-state index in [1.54, 1.807) is 0 Å². The number of hydrogen-bond acceptors (Lipinski definition) is 6. The summed E-state index contributed by atoms with van der Waals surface area (Å²) in [5.74, 6) is 0.657. The number of anilines is 1. The molecule has 2 aromatic rings. The summed E-state index contributed by atoms with van der Waals surface area (Å²) >= 11 is 0. The zero-order valence-electron chi connectivity index (χ0n) is 9.27. The second kappa shape index (κ2) is 4.44. The summed E-state index contributed by atoms with van der Waals surface area (Å²) in [6, 6.07) is -0.0209. The Morgan fingerprint density at radius 2 is 2.31 bits per heavy atom. The zero-order valence-corrected chi connectivity index (χ0v) is 9.27. The molecule has 0 aliphatic heterocycles.